The van der Waals surface area contributed by atoms with Crippen LogP contribution in [0.3, 0.4) is 0 Å². The second-order valence-corrected chi connectivity index (χ2v) is 5.21. The van der Waals surface area contributed by atoms with Crippen molar-refractivity contribution in [1.29, 1.82) is 0 Å². The van der Waals surface area contributed by atoms with Gasteiger partial charge in [0.25, 0.3) is 11.5 Å². The number of anilines is 1. The van der Waals surface area contributed by atoms with E-state index in [0.29, 0.717) is 5.65 Å². The Morgan fingerprint density at radius 3 is 2.83 bits per heavy atom. The molecule has 1 N–H and O–H groups in total. The van der Waals surface area contributed by atoms with Crippen LogP contribution in [0.25, 0.3) is 5.65 Å². The summed E-state index contributed by atoms with van der Waals surface area (Å²) >= 11 is 0. The summed E-state index contributed by atoms with van der Waals surface area (Å²) < 4.78 is 19.5. The predicted molar refractivity (Wildman–Crippen MR) is 87.1 cm³/mol. The number of hydrogen-bond donors (Lipinski definition) is 1. The van der Waals surface area contributed by atoms with E-state index in [1.807, 2.05) is 6.92 Å². The largest absolute Gasteiger partial charge is 0.494 e. The summed E-state index contributed by atoms with van der Waals surface area (Å²) in [5.74, 6) is -0.979. The zero-order valence-corrected chi connectivity index (χ0v) is 13.0. The van der Waals surface area contributed by atoms with Crippen molar-refractivity contribution >= 4 is 17.2 Å². The Hall–Kier alpha value is -3.22. The summed E-state index contributed by atoms with van der Waals surface area (Å²) in [7, 11) is 1.36. The molecule has 3 rings (SSSR count). The topological polar surface area (TPSA) is 72.7 Å². The Bertz CT molecular complexity index is 998. The lowest BCUT2D eigenvalue weighted by Crippen LogP contribution is -2.26. The number of aryl methyl sites for hydroxylation is 1. The van der Waals surface area contributed by atoms with Crippen molar-refractivity contribution in [1.82, 2.24) is 9.38 Å². The molecule has 2 heterocycles. The Morgan fingerprint density at radius 1 is 1.29 bits per heavy atom. The van der Waals surface area contributed by atoms with Gasteiger partial charge in [0.15, 0.2) is 0 Å². The van der Waals surface area contributed by atoms with Crippen LogP contribution in [0.4, 0.5) is 10.1 Å². The second kappa shape index (κ2) is 6.11. The number of halogens is 1. The minimum atomic E-state index is -0.646. The van der Waals surface area contributed by atoms with Crippen LogP contribution in [0.5, 0.6) is 5.75 Å². The van der Waals surface area contributed by atoms with Gasteiger partial charge in [-0.15, -0.1) is 0 Å². The van der Waals surface area contributed by atoms with Gasteiger partial charge in [0.05, 0.1) is 12.8 Å². The Balaban J connectivity index is 1.99. The van der Waals surface area contributed by atoms with Gasteiger partial charge in [-0.2, -0.15) is 0 Å². The zero-order chi connectivity index (χ0) is 17.3. The highest BCUT2D eigenvalue weighted by atomic mass is 19.1. The Kier molecular flexibility index (Phi) is 3.99. The minimum absolute atomic E-state index is 0.122. The molecule has 2 aromatic heterocycles. The molecule has 0 atom stereocenters. The third-order valence-corrected chi connectivity index (χ3v) is 3.52. The van der Waals surface area contributed by atoms with Crippen LogP contribution in [0, 0.1) is 12.7 Å². The first-order chi connectivity index (χ1) is 11.5. The normalized spacial score (nSPS) is 10.6. The number of carbonyl (C=O) groups is 1. The average Bonchev–Trinajstić information content (AvgIpc) is 2.56. The van der Waals surface area contributed by atoms with Crippen LogP contribution in [-0.4, -0.2) is 22.4 Å². The molecule has 1 aromatic carbocycles. The van der Waals surface area contributed by atoms with Gasteiger partial charge in [-0.1, -0.05) is 0 Å². The SMILES string of the molecule is COc1cc(F)ccc1NC(=O)c1cnc2cc(C)ccn2c1=O. The number of nitrogens with one attached hydrogen (secondary N) is 1. The first-order valence-electron chi connectivity index (χ1n) is 7.12. The van der Waals surface area contributed by atoms with E-state index in [9.17, 15) is 14.0 Å². The van der Waals surface area contributed by atoms with Crippen LogP contribution in [-0.2, 0) is 0 Å². The molecule has 1 amide bonds. The number of carbonyl (C=O) groups excluding carboxylic acids is 1. The van der Waals surface area contributed by atoms with E-state index in [1.165, 1.54) is 29.8 Å². The van der Waals surface area contributed by atoms with Crippen molar-refractivity contribution in [3.05, 3.63) is 70.0 Å². The van der Waals surface area contributed by atoms with Crippen LogP contribution >= 0.6 is 0 Å². The van der Waals surface area contributed by atoms with Crippen molar-refractivity contribution in [3.63, 3.8) is 0 Å². The monoisotopic (exact) mass is 327 g/mol. The number of hydrogen-bond acceptors (Lipinski definition) is 4. The number of rotatable bonds is 3. The molecule has 0 aliphatic rings. The minimum Gasteiger partial charge on any atom is -0.494 e. The van der Waals surface area contributed by atoms with Crippen molar-refractivity contribution in [2.24, 2.45) is 0 Å². The molecule has 24 heavy (non-hydrogen) atoms. The van der Waals surface area contributed by atoms with Crippen molar-refractivity contribution in [3.8, 4) is 5.75 Å². The van der Waals surface area contributed by atoms with E-state index in [4.69, 9.17) is 4.74 Å². The number of methoxy groups -OCH3 is 1. The molecule has 0 aliphatic heterocycles. The molecule has 7 heteroatoms. The average molecular weight is 327 g/mol. The van der Waals surface area contributed by atoms with Gasteiger partial charge in [-0.3, -0.25) is 14.0 Å². The maximum Gasteiger partial charge on any atom is 0.270 e. The highest BCUT2D eigenvalue weighted by molar-refractivity contribution is 6.04. The molecular weight excluding hydrogens is 313 g/mol. The molecule has 0 saturated carbocycles. The number of amides is 1. The van der Waals surface area contributed by atoms with Gasteiger partial charge >= 0.3 is 0 Å². The summed E-state index contributed by atoms with van der Waals surface area (Å²) in [6.45, 7) is 1.88. The molecule has 3 aromatic rings. The summed E-state index contributed by atoms with van der Waals surface area (Å²) in [4.78, 5) is 29.0. The van der Waals surface area contributed by atoms with Gasteiger partial charge < -0.3 is 10.1 Å². The fourth-order valence-corrected chi connectivity index (χ4v) is 2.29. The molecular formula is C17H14FN3O3. The van der Waals surface area contributed by atoms with Crippen molar-refractivity contribution in [2.75, 3.05) is 12.4 Å². The molecule has 0 bridgehead atoms. The van der Waals surface area contributed by atoms with Crippen LogP contribution in [0.1, 0.15) is 15.9 Å². The Morgan fingerprint density at radius 2 is 2.08 bits per heavy atom. The van der Waals surface area contributed by atoms with Gasteiger partial charge in [-0.25, -0.2) is 9.37 Å². The number of aromatic nitrogens is 2. The third kappa shape index (κ3) is 2.83. The highest BCUT2D eigenvalue weighted by Crippen LogP contribution is 2.25. The Labute approximate surface area is 136 Å². The predicted octanol–water partition coefficient (Wildman–Crippen LogP) is 2.40. The standard InChI is InChI=1S/C17H14FN3O3/c1-10-5-6-21-15(7-10)19-9-12(17(21)23)16(22)20-13-4-3-11(18)8-14(13)24-2/h3-9H,1-2H3,(H,20,22). The van der Waals surface area contributed by atoms with E-state index in [1.54, 1.807) is 18.3 Å². The fraction of sp³-hybridized carbons (Fsp3) is 0.118. The third-order valence-electron chi connectivity index (χ3n) is 3.52. The lowest BCUT2D eigenvalue weighted by atomic mass is 10.2. The summed E-state index contributed by atoms with van der Waals surface area (Å²) in [5, 5.41) is 2.54. The molecule has 0 saturated heterocycles. The lowest BCUT2D eigenvalue weighted by molar-refractivity contribution is 0.102. The van der Waals surface area contributed by atoms with Crippen LogP contribution in [0.2, 0.25) is 0 Å². The first-order valence-corrected chi connectivity index (χ1v) is 7.12. The van der Waals surface area contributed by atoms with Crippen LogP contribution < -0.4 is 15.6 Å². The number of nitrogens with zero attached hydrogens (tertiary/aromatic N) is 2. The fourth-order valence-electron chi connectivity index (χ4n) is 2.29. The number of pyridine rings is 1. The lowest BCUT2D eigenvalue weighted by Gasteiger charge is -2.10. The van der Waals surface area contributed by atoms with Gasteiger partial charge in [-0.05, 0) is 36.8 Å². The number of ether oxygens (including phenoxy) is 1. The van der Waals surface area contributed by atoms with Gasteiger partial charge in [0, 0.05) is 18.5 Å². The maximum absolute atomic E-state index is 13.2. The second-order valence-electron chi connectivity index (χ2n) is 5.21. The zero-order valence-electron chi connectivity index (χ0n) is 13.0. The smallest absolute Gasteiger partial charge is 0.270 e. The number of benzene rings is 1. The molecule has 0 aliphatic carbocycles. The first kappa shape index (κ1) is 15.7. The van der Waals surface area contributed by atoms with Crippen LogP contribution in [0.15, 0.2) is 47.5 Å². The quantitative estimate of drug-likeness (QED) is 0.802. The van der Waals surface area contributed by atoms with E-state index >= 15 is 0 Å². The summed E-state index contributed by atoms with van der Waals surface area (Å²) in [6, 6.07) is 7.19. The van der Waals surface area contributed by atoms with Crippen molar-refractivity contribution in [2.45, 2.75) is 6.92 Å². The molecule has 0 fully saturated rings. The summed E-state index contributed by atoms with van der Waals surface area (Å²) in [6.07, 6.45) is 2.79. The molecule has 0 radical (unpaired) electrons. The van der Waals surface area contributed by atoms with E-state index < -0.39 is 17.3 Å². The molecule has 6 nitrogen and oxygen atoms in total. The number of fused-ring (bicyclic) bond motifs is 1. The molecule has 0 unspecified atom stereocenters. The van der Waals surface area contributed by atoms with Crippen molar-refractivity contribution < 1.29 is 13.9 Å². The van der Waals surface area contributed by atoms with E-state index in [0.717, 1.165) is 11.6 Å². The summed E-state index contributed by atoms with van der Waals surface area (Å²) in [5.41, 5.74) is 1.06. The van der Waals surface area contributed by atoms with E-state index in [2.05, 4.69) is 10.3 Å². The highest BCUT2D eigenvalue weighted by Gasteiger charge is 2.15. The van der Waals surface area contributed by atoms with E-state index in [-0.39, 0.29) is 17.0 Å². The van der Waals surface area contributed by atoms with Gasteiger partial charge in [0.2, 0.25) is 0 Å². The maximum atomic E-state index is 13.2. The van der Waals surface area contributed by atoms with Gasteiger partial charge in [0.1, 0.15) is 22.8 Å². The molecule has 0 spiro atoms. The molecule has 122 valence electrons.